The molecule has 0 aliphatic heterocycles. The van der Waals surface area contributed by atoms with Gasteiger partial charge in [0, 0.05) is 33.4 Å². The Morgan fingerprint density at radius 1 is 0.392 bits per heavy atom. The molecule has 8 heteroatoms. The van der Waals surface area contributed by atoms with Gasteiger partial charge in [0.05, 0.1) is 11.1 Å². The van der Waals surface area contributed by atoms with E-state index in [0.717, 1.165) is 123 Å². The fourth-order valence-corrected chi connectivity index (χ4v) is 10.7. The number of unbranched alkanes of at least 4 members (excludes halogenated alkanes) is 2. The summed E-state index contributed by atoms with van der Waals surface area (Å²) < 4.78 is 75.5. The minimum absolute atomic E-state index is 0.0728. The van der Waals surface area contributed by atoms with Crippen molar-refractivity contribution in [3.05, 3.63) is 213 Å². The third-order valence-corrected chi connectivity index (χ3v) is 14.8. The zero-order valence-corrected chi connectivity index (χ0v) is 41.9. The van der Waals surface area contributed by atoms with E-state index in [1.165, 1.54) is 0 Å². The van der Waals surface area contributed by atoms with Gasteiger partial charge < -0.3 is 9.47 Å². The summed E-state index contributed by atoms with van der Waals surface area (Å²) in [5, 5.41) is 0. The molecule has 2 aliphatic carbocycles. The van der Waals surface area contributed by atoms with E-state index in [4.69, 9.17) is 9.47 Å². The standard InChI is InChI=1S/C66H58F4O4/c1-3-5-11-41-17-21-45(22-18-41)53-35-37-55(63(69)61(53)67)47-25-29-49(30-26-47)65(71)73-57-39-33-43-13-7-9-15-51(43)59(57)60-52-16-10-8-14-44(52)34-40-58(60)74-66(72)50-31-27-48(28-32-50)56-38-36-54(62(68)64(56)70)46-23-19-42(20-24-46)12-6-4-2/h17-40H,3-16H2,1-2H3. The molecule has 10 rings (SSSR count). The van der Waals surface area contributed by atoms with Gasteiger partial charge in [0.25, 0.3) is 0 Å². The molecule has 0 saturated carbocycles. The molecule has 2 aliphatic rings. The van der Waals surface area contributed by atoms with Crippen molar-refractivity contribution in [1.29, 1.82) is 0 Å². The van der Waals surface area contributed by atoms with E-state index in [0.29, 0.717) is 44.9 Å². The molecule has 0 amide bonds. The Labute approximate surface area is 431 Å². The van der Waals surface area contributed by atoms with E-state index >= 15 is 17.6 Å². The maximum absolute atomic E-state index is 15.8. The lowest BCUT2D eigenvalue weighted by Gasteiger charge is -2.27. The van der Waals surface area contributed by atoms with Crippen molar-refractivity contribution in [1.82, 2.24) is 0 Å². The molecule has 0 saturated heterocycles. The third kappa shape index (κ3) is 10.3. The second kappa shape index (κ2) is 22.3. The highest BCUT2D eigenvalue weighted by Crippen LogP contribution is 2.47. The summed E-state index contributed by atoms with van der Waals surface area (Å²) in [7, 11) is 0. The minimum Gasteiger partial charge on any atom is -0.422 e. The van der Waals surface area contributed by atoms with Gasteiger partial charge in [-0.1, -0.05) is 136 Å². The van der Waals surface area contributed by atoms with Gasteiger partial charge in [0.1, 0.15) is 11.5 Å². The Morgan fingerprint density at radius 2 is 0.703 bits per heavy atom. The normalized spacial score (nSPS) is 13.0. The molecular weight excluding hydrogens is 933 g/mol. The van der Waals surface area contributed by atoms with Crippen LogP contribution in [0.3, 0.4) is 0 Å². The molecule has 0 bridgehead atoms. The fraction of sp³-hybridized carbons (Fsp3) is 0.242. The molecule has 0 aromatic heterocycles. The number of carbonyl (C=O) groups is 2. The van der Waals surface area contributed by atoms with Crippen molar-refractivity contribution in [2.45, 2.75) is 104 Å². The molecule has 8 aromatic carbocycles. The average Bonchev–Trinajstić information content (AvgIpc) is 3.44. The van der Waals surface area contributed by atoms with Gasteiger partial charge in [-0.2, -0.15) is 0 Å². The van der Waals surface area contributed by atoms with Crippen molar-refractivity contribution in [2.24, 2.45) is 0 Å². The van der Waals surface area contributed by atoms with Crippen LogP contribution in [0.2, 0.25) is 0 Å². The van der Waals surface area contributed by atoms with Crippen LogP contribution in [0.1, 0.15) is 119 Å². The SMILES string of the molecule is CCCCc1ccc(-c2ccc(-c3ccc(C(=O)Oc4ccc5c(c4-c4c(OC(=O)c6ccc(-c7ccc(-c8ccc(CCCC)cc8)c(F)c7F)cc6)ccc6c4CCCC6)CCCC5)cc3)c(F)c2F)cc1. The molecule has 74 heavy (non-hydrogen) atoms. The van der Waals surface area contributed by atoms with Crippen LogP contribution in [-0.2, 0) is 38.5 Å². The second-order valence-electron chi connectivity index (χ2n) is 19.7. The summed E-state index contributed by atoms with van der Waals surface area (Å²) in [4.78, 5) is 28.3. The summed E-state index contributed by atoms with van der Waals surface area (Å²) in [5.74, 6) is -4.45. The zero-order chi connectivity index (χ0) is 51.3. The van der Waals surface area contributed by atoms with E-state index in [-0.39, 0.29) is 33.4 Å². The van der Waals surface area contributed by atoms with Gasteiger partial charge in [0.15, 0.2) is 23.3 Å². The van der Waals surface area contributed by atoms with Crippen molar-refractivity contribution in [2.75, 3.05) is 0 Å². The van der Waals surface area contributed by atoms with Crippen LogP contribution in [0.5, 0.6) is 11.5 Å². The molecule has 0 atom stereocenters. The highest BCUT2D eigenvalue weighted by atomic mass is 19.2. The van der Waals surface area contributed by atoms with Crippen LogP contribution >= 0.6 is 0 Å². The maximum atomic E-state index is 15.8. The third-order valence-electron chi connectivity index (χ3n) is 14.8. The first-order chi connectivity index (χ1) is 36.1. The van der Waals surface area contributed by atoms with Crippen LogP contribution in [0.15, 0.2) is 146 Å². The number of benzene rings is 8. The van der Waals surface area contributed by atoms with Gasteiger partial charge in [0.2, 0.25) is 0 Å². The van der Waals surface area contributed by atoms with E-state index in [9.17, 15) is 9.59 Å². The molecule has 0 spiro atoms. The first-order valence-corrected chi connectivity index (χ1v) is 26.2. The van der Waals surface area contributed by atoms with E-state index < -0.39 is 35.2 Å². The lowest BCUT2D eigenvalue weighted by molar-refractivity contribution is 0.0723. The van der Waals surface area contributed by atoms with Gasteiger partial charge in [-0.25, -0.2) is 27.2 Å². The second-order valence-corrected chi connectivity index (χ2v) is 19.7. The first-order valence-electron chi connectivity index (χ1n) is 26.2. The summed E-state index contributed by atoms with van der Waals surface area (Å²) in [6.07, 6.45) is 13.2. The minimum atomic E-state index is -0.973. The quantitative estimate of drug-likeness (QED) is 0.0583. The number of esters is 2. The zero-order valence-electron chi connectivity index (χ0n) is 41.9. The summed E-state index contributed by atoms with van der Waals surface area (Å²) >= 11 is 0. The number of ether oxygens (including phenoxy) is 2. The van der Waals surface area contributed by atoms with Crippen molar-refractivity contribution in [3.8, 4) is 67.1 Å². The lowest BCUT2D eigenvalue weighted by Crippen LogP contribution is -2.15. The van der Waals surface area contributed by atoms with E-state index in [1.807, 2.05) is 72.8 Å². The van der Waals surface area contributed by atoms with Gasteiger partial charge >= 0.3 is 11.9 Å². The number of rotatable bonds is 15. The largest absolute Gasteiger partial charge is 0.422 e. The molecule has 0 N–H and O–H groups in total. The van der Waals surface area contributed by atoms with E-state index in [1.54, 1.807) is 72.8 Å². The highest BCUT2D eigenvalue weighted by molar-refractivity contribution is 5.96. The Bertz CT molecular complexity index is 3130. The highest BCUT2D eigenvalue weighted by Gasteiger charge is 2.29. The van der Waals surface area contributed by atoms with Crippen molar-refractivity contribution >= 4 is 11.9 Å². The molecule has 0 radical (unpaired) electrons. The molecule has 4 nitrogen and oxygen atoms in total. The molecule has 0 fully saturated rings. The molecule has 0 unspecified atom stereocenters. The lowest BCUT2D eigenvalue weighted by atomic mass is 9.80. The van der Waals surface area contributed by atoms with Crippen LogP contribution in [-0.4, -0.2) is 11.9 Å². The van der Waals surface area contributed by atoms with Gasteiger partial charge in [-0.05, 0) is 169 Å². The Balaban J connectivity index is 0.912. The van der Waals surface area contributed by atoms with E-state index in [2.05, 4.69) is 13.8 Å². The Kier molecular flexibility index (Phi) is 15.0. The monoisotopic (exact) mass is 990 g/mol. The Morgan fingerprint density at radius 3 is 1.03 bits per heavy atom. The molecule has 8 aromatic rings. The van der Waals surface area contributed by atoms with Crippen LogP contribution < -0.4 is 9.47 Å². The number of aryl methyl sites for hydroxylation is 4. The predicted octanol–water partition coefficient (Wildman–Crippen LogP) is 17.5. The van der Waals surface area contributed by atoms with Crippen LogP contribution in [0.4, 0.5) is 17.6 Å². The smallest absolute Gasteiger partial charge is 0.343 e. The fourth-order valence-electron chi connectivity index (χ4n) is 10.7. The Hall–Kier alpha value is -7.58. The summed E-state index contributed by atoms with van der Waals surface area (Å²) in [5.41, 5.74) is 11.0. The molecular formula is C66H58F4O4. The number of hydrogen-bond acceptors (Lipinski definition) is 4. The van der Waals surface area contributed by atoms with Gasteiger partial charge in [-0.15, -0.1) is 0 Å². The molecule has 0 heterocycles. The van der Waals surface area contributed by atoms with Crippen molar-refractivity contribution in [3.63, 3.8) is 0 Å². The van der Waals surface area contributed by atoms with Crippen LogP contribution in [0, 0.1) is 23.3 Å². The number of halogens is 4. The van der Waals surface area contributed by atoms with Crippen LogP contribution in [0.25, 0.3) is 55.6 Å². The average molecular weight is 991 g/mol. The molecule has 374 valence electrons. The maximum Gasteiger partial charge on any atom is 0.343 e. The summed E-state index contributed by atoms with van der Waals surface area (Å²) in [6.45, 7) is 4.26. The first kappa shape index (κ1) is 50.0. The predicted molar refractivity (Wildman–Crippen MR) is 287 cm³/mol. The van der Waals surface area contributed by atoms with Crippen molar-refractivity contribution < 1.29 is 36.6 Å². The summed E-state index contributed by atoms with van der Waals surface area (Å²) in [6, 6.07) is 41.6. The number of fused-ring (bicyclic) bond motifs is 2. The van der Waals surface area contributed by atoms with Gasteiger partial charge in [-0.3, -0.25) is 0 Å². The number of hydrogen-bond donors (Lipinski definition) is 0. The topological polar surface area (TPSA) is 52.6 Å². The number of carbonyl (C=O) groups excluding carboxylic acids is 2.